The lowest BCUT2D eigenvalue weighted by atomic mass is 10.2. The van der Waals surface area contributed by atoms with Crippen molar-refractivity contribution in [1.29, 1.82) is 0 Å². The Balaban J connectivity index is 2.78. The van der Waals surface area contributed by atoms with Gasteiger partial charge in [-0.3, -0.25) is 4.79 Å². The summed E-state index contributed by atoms with van der Waals surface area (Å²) < 4.78 is 7.06. The molecule has 0 aliphatic rings. The highest BCUT2D eigenvalue weighted by Gasteiger charge is 2.07. The maximum atomic E-state index is 11.8. The minimum Gasteiger partial charge on any atom is -0.397 e. The summed E-state index contributed by atoms with van der Waals surface area (Å²) in [6.07, 6.45) is 1.60. The Morgan fingerprint density at radius 1 is 1.56 bits per heavy atom. The van der Waals surface area contributed by atoms with Crippen molar-refractivity contribution in [2.45, 2.75) is 13.5 Å². The van der Waals surface area contributed by atoms with E-state index >= 15 is 0 Å². The zero-order valence-electron chi connectivity index (χ0n) is 9.07. The highest BCUT2D eigenvalue weighted by molar-refractivity contribution is 9.10. The number of aliphatic hydroxyl groups is 1. The van der Waals surface area contributed by atoms with Gasteiger partial charge in [-0.2, -0.15) is 0 Å². The van der Waals surface area contributed by atoms with Crippen molar-refractivity contribution in [3.8, 4) is 0 Å². The molecule has 5 nitrogen and oxygen atoms in total. The molecular weight excluding hydrogens is 276 g/mol. The predicted octanol–water partition coefficient (Wildman–Crippen LogP) is 0.510. The Morgan fingerprint density at radius 2 is 2.25 bits per heavy atom. The maximum absolute atomic E-state index is 11.8. The smallest absolute Gasteiger partial charge is 0.265 e. The van der Waals surface area contributed by atoms with Crippen LogP contribution >= 0.6 is 15.9 Å². The van der Waals surface area contributed by atoms with E-state index in [2.05, 4.69) is 15.9 Å². The highest BCUT2D eigenvalue weighted by Crippen LogP contribution is 2.16. The largest absolute Gasteiger partial charge is 0.397 e. The van der Waals surface area contributed by atoms with Crippen LogP contribution in [0.3, 0.4) is 0 Å². The van der Waals surface area contributed by atoms with Gasteiger partial charge in [0.25, 0.3) is 5.56 Å². The van der Waals surface area contributed by atoms with E-state index in [9.17, 15) is 4.79 Å². The average molecular weight is 291 g/mol. The van der Waals surface area contributed by atoms with Gasteiger partial charge in [-0.05, 0) is 28.4 Å². The molecule has 0 aliphatic heterocycles. The van der Waals surface area contributed by atoms with Gasteiger partial charge in [0.15, 0.2) is 0 Å². The van der Waals surface area contributed by atoms with E-state index in [4.69, 9.17) is 15.6 Å². The summed E-state index contributed by atoms with van der Waals surface area (Å²) in [5, 5.41) is 8.52. The molecule has 0 radical (unpaired) electrons. The summed E-state index contributed by atoms with van der Waals surface area (Å²) in [5.74, 6) is 0. The van der Waals surface area contributed by atoms with Crippen LogP contribution in [0.25, 0.3) is 0 Å². The van der Waals surface area contributed by atoms with Crippen LogP contribution in [0.5, 0.6) is 0 Å². The molecule has 0 saturated carbocycles. The number of hydrogen-bond donors (Lipinski definition) is 2. The molecule has 0 fully saturated rings. The number of halogens is 1. The third kappa shape index (κ3) is 3.07. The number of rotatable bonds is 5. The second kappa shape index (κ2) is 6.03. The molecule has 90 valence electrons. The lowest BCUT2D eigenvalue weighted by Gasteiger charge is -2.10. The molecule has 1 aromatic heterocycles. The van der Waals surface area contributed by atoms with Crippen LogP contribution in [-0.2, 0) is 11.3 Å². The third-order valence-corrected chi connectivity index (χ3v) is 3.15. The fraction of sp³-hybridized carbons (Fsp3) is 0.500. The molecule has 0 unspecified atom stereocenters. The highest BCUT2D eigenvalue weighted by atomic mass is 79.9. The summed E-state index contributed by atoms with van der Waals surface area (Å²) in [6, 6.07) is 0. The van der Waals surface area contributed by atoms with Crippen LogP contribution in [0.15, 0.2) is 15.5 Å². The minimum atomic E-state index is -0.126. The van der Waals surface area contributed by atoms with Crippen molar-refractivity contribution >= 4 is 21.6 Å². The SMILES string of the molecule is Cc1c(N)cn(CCOCCO)c(=O)c1Br. The van der Waals surface area contributed by atoms with Crippen LogP contribution in [0.2, 0.25) is 0 Å². The molecule has 0 amide bonds. The van der Waals surface area contributed by atoms with Crippen LogP contribution < -0.4 is 11.3 Å². The Kier molecular flexibility index (Phi) is 4.98. The van der Waals surface area contributed by atoms with Gasteiger partial charge in [0.05, 0.1) is 30.0 Å². The number of nitrogens with zero attached hydrogens (tertiary/aromatic N) is 1. The van der Waals surface area contributed by atoms with Crippen LogP contribution in [0.4, 0.5) is 5.69 Å². The molecule has 0 atom stereocenters. The Morgan fingerprint density at radius 3 is 2.88 bits per heavy atom. The van der Waals surface area contributed by atoms with E-state index in [1.165, 1.54) is 4.57 Å². The topological polar surface area (TPSA) is 77.5 Å². The Bertz CT molecular complexity index is 417. The third-order valence-electron chi connectivity index (χ3n) is 2.22. The number of ether oxygens (including phenoxy) is 1. The van der Waals surface area contributed by atoms with Crippen molar-refractivity contribution in [2.75, 3.05) is 25.6 Å². The van der Waals surface area contributed by atoms with Gasteiger partial charge in [0.2, 0.25) is 0 Å². The average Bonchev–Trinajstić information content (AvgIpc) is 2.28. The number of aromatic nitrogens is 1. The Labute approximate surface area is 102 Å². The van der Waals surface area contributed by atoms with E-state index in [-0.39, 0.29) is 18.8 Å². The molecule has 6 heteroatoms. The predicted molar refractivity (Wildman–Crippen MR) is 65.5 cm³/mol. The first-order valence-electron chi connectivity index (χ1n) is 4.91. The molecule has 1 heterocycles. The van der Waals surface area contributed by atoms with E-state index in [0.717, 1.165) is 5.56 Å². The standard InChI is InChI=1S/C10H15BrN2O3/c1-7-8(12)6-13(10(15)9(7)11)2-4-16-5-3-14/h6,14H,2-5,12H2,1H3. The minimum absolute atomic E-state index is 0.0192. The van der Waals surface area contributed by atoms with E-state index in [0.29, 0.717) is 23.3 Å². The first kappa shape index (κ1) is 13.2. The van der Waals surface area contributed by atoms with E-state index in [1.807, 2.05) is 0 Å². The van der Waals surface area contributed by atoms with Crippen LogP contribution in [-0.4, -0.2) is 29.5 Å². The van der Waals surface area contributed by atoms with Crippen molar-refractivity contribution in [3.63, 3.8) is 0 Å². The second-order valence-corrected chi connectivity index (χ2v) is 4.15. The zero-order chi connectivity index (χ0) is 12.1. The fourth-order valence-electron chi connectivity index (χ4n) is 1.23. The van der Waals surface area contributed by atoms with Gasteiger partial charge in [0.1, 0.15) is 0 Å². The molecule has 3 N–H and O–H groups in total. The lowest BCUT2D eigenvalue weighted by molar-refractivity contribution is 0.0865. The van der Waals surface area contributed by atoms with Gasteiger partial charge < -0.3 is 20.1 Å². The Hall–Kier alpha value is -0.850. The van der Waals surface area contributed by atoms with Gasteiger partial charge in [-0.25, -0.2) is 0 Å². The monoisotopic (exact) mass is 290 g/mol. The van der Waals surface area contributed by atoms with Gasteiger partial charge in [-0.15, -0.1) is 0 Å². The number of pyridine rings is 1. The fourth-order valence-corrected chi connectivity index (χ4v) is 1.69. The van der Waals surface area contributed by atoms with Gasteiger partial charge in [-0.1, -0.05) is 0 Å². The summed E-state index contributed by atoms with van der Waals surface area (Å²) >= 11 is 3.21. The molecule has 0 aromatic carbocycles. The van der Waals surface area contributed by atoms with Crippen molar-refractivity contribution in [1.82, 2.24) is 4.57 Å². The molecule has 1 aromatic rings. The molecule has 0 spiro atoms. The second-order valence-electron chi connectivity index (χ2n) is 3.36. The maximum Gasteiger partial charge on any atom is 0.265 e. The molecule has 0 bridgehead atoms. The van der Waals surface area contributed by atoms with Crippen LogP contribution in [0, 0.1) is 6.92 Å². The van der Waals surface area contributed by atoms with Crippen molar-refractivity contribution < 1.29 is 9.84 Å². The van der Waals surface area contributed by atoms with Crippen molar-refractivity contribution in [2.24, 2.45) is 0 Å². The summed E-state index contributed by atoms with van der Waals surface area (Å²) in [4.78, 5) is 11.8. The molecule has 0 aliphatic carbocycles. The first-order valence-corrected chi connectivity index (χ1v) is 5.71. The molecule has 0 saturated heterocycles. The number of hydrogen-bond acceptors (Lipinski definition) is 4. The van der Waals surface area contributed by atoms with E-state index in [1.54, 1.807) is 13.1 Å². The van der Waals surface area contributed by atoms with Crippen molar-refractivity contribution in [3.05, 3.63) is 26.6 Å². The normalized spacial score (nSPS) is 10.7. The molecule has 16 heavy (non-hydrogen) atoms. The van der Waals surface area contributed by atoms with E-state index < -0.39 is 0 Å². The van der Waals surface area contributed by atoms with Gasteiger partial charge >= 0.3 is 0 Å². The number of anilines is 1. The molecular formula is C10H15BrN2O3. The summed E-state index contributed by atoms with van der Waals surface area (Å²) in [5.41, 5.74) is 6.94. The number of aliphatic hydroxyl groups excluding tert-OH is 1. The quantitative estimate of drug-likeness (QED) is 0.775. The van der Waals surface area contributed by atoms with Crippen LogP contribution in [0.1, 0.15) is 5.56 Å². The summed E-state index contributed by atoms with van der Waals surface area (Å²) in [6.45, 7) is 2.83. The molecule has 1 rings (SSSR count). The first-order chi connectivity index (χ1) is 7.57. The number of nitrogens with two attached hydrogens (primary N) is 1. The van der Waals surface area contributed by atoms with Gasteiger partial charge in [0, 0.05) is 12.7 Å². The number of nitrogen functional groups attached to an aromatic ring is 1. The zero-order valence-corrected chi connectivity index (χ0v) is 10.7. The summed E-state index contributed by atoms with van der Waals surface area (Å²) in [7, 11) is 0. The lowest BCUT2D eigenvalue weighted by Crippen LogP contribution is -2.24.